The summed E-state index contributed by atoms with van der Waals surface area (Å²) in [5, 5.41) is 1.17. The molecule has 0 saturated heterocycles. The van der Waals surface area contributed by atoms with Crippen LogP contribution in [0.5, 0.6) is 0 Å². The van der Waals surface area contributed by atoms with Crippen LogP contribution < -0.4 is 4.57 Å². The number of fused-ring (bicyclic) bond motifs is 7. The van der Waals surface area contributed by atoms with Crippen LogP contribution in [0.15, 0.2) is 41.2 Å². The van der Waals surface area contributed by atoms with Gasteiger partial charge in [0.2, 0.25) is 0 Å². The van der Waals surface area contributed by atoms with Gasteiger partial charge in [0.25, 0.3) is 10.4 Å². The number of rotatable bonds is 0. The Morgan fingerprint density at radius 1 is 1.26 bits per heavy atom. The van der Waals surface area contributed by atoms with E-state index in [1.807, 2.05) is 24.7 Å². The highest BCUT2D eigenvalue weighted by Gasteiger charge is 2.36. The largest absolute Gasteiger partial charge is 0.386 e. The van der Waals surface area contributed by atoms with E-state index in [1.165, 1.54) is 10.9 Å². The monoisotopic (exact) mass is 266 g/mol. The van der Waals surface area contributed by atoms with Gasteiger partial charge in [-0.15, -0.1) is 0 Å². The van der Waals surface area contributed by atoms with Gasteiger partial charge in [0.05, 0.1) is 5.39 Å². The van der Waals surface area contributed by atoms with Crippen LogP contribution in [0.3, 0.4) is 0 Å². The zero-order valence-corrected chi connectivity index (χ0v) is 10.6. The van der Waals surface area contributed by atoms with Crippen LogP contribution in [0.2, 0.25) is 0 Å². The van der Waals surface area contributed by atoms with Crippen molar-refractivity contribution in [3.8, 4) is 11.5 Å². The average molecular weight is 266 g/mol. The summed E-state index contributed by atoms with van der Waals surface area (Å²) in [7, 11) is 0. The highest BCUT2D eigenvalue weighted by molar-refractivity contribution is 7.24. The second kappa shape index (κ2) is 3.19. The Balaban J connectivity index is 1.94. The molecule has 90 valence electrons. The van der Waals surface area contributed by atoms with Gasteiger partial charge in [-0.25, -0.2) is 4.98 Å². The molecule has 0 bridgehead atoms. The number of thiophene rings is 1. The van der Waals surface area contributed by atoms with Gasteiger partial charge in [-0.2, -0.15) is 4.57 Å². The summed E-state index contributed by atoms with van der Waals surface area (Å²) in [6.07, 6.45) is 5.53. The lowest BCUT2D eigenvalue weighted by molar-refractivity contribution is -0.648. The predicted molar refractivity (Wildman–Crippen MR) is 71.9 cm³/mol. The number of hydrogen-bond acceptors (Lipinski definition) is 4. The first-order chi connectivity index (χ1) is 9.42. The minimum Gasteiger partial charge on any atom is -0.386 e. The van der Waals surface area contributed by atoms with Crippen molar-refractivity contribution in [1.82, 2.24) is 9.97 Å². The lowest BCUT2D eigenvalue weighted by Gasteiger charge is -1.88. The molecule has 4 nitrogen and oxygen atoms in total. The highest BCUT2D eigenvalue weighted by Crippen LogP contribution is 2.37. The molecule has 0 saturated carbocycles. The Bertz CT molecular complexity index is 954. The molecule has 4 aromatic heterocycles. The Morgan fingerprint density at radius 2 is 2.26 bits per heavy atom. The minimum absolute atomic E-state index is 0.848. The Kier molecular flexibility index (Phi) is 1.62. The summed E-state index contributed by atoms with van der Waals surface area (Å²) >= 11 is 1.60. The molecule has 0 fully saturated rings. The van der Waals surface area contributed by atoms with Crippen molar-refractivity contribution < 1.29 is 8.98 Å². The van der Waals surface area contributed by atoms with Gasteiger partial charge in [0, 0.05) is 24.2 Å². The normalized spacial score (nSPS) is 13.1. The van der Waals surface area contributed by atoms with Crippen LogP contribution >= 0.6 is 11.3 Å². The molecule has 0 amide bonds. The SMILES string of the molecule is c1cnc2sc3oc4[n+](c3c2c1)Cc1ccncc1-4. The van der Waals surface area contributed by atoms with Crippen molar-refractivity contribution in [3.63, 3.8) is 0 Å². The van der Waals surface area contributed by atoms with Crippen molar-refractivity contribution in [3.05, 3.63) is 42.4 Å². The molecular formula is C14H8N3OS+. The molecule has 0 aromatic carbocycles. The lowest BCUT2D eigenvalue weighted by Crippen LogP contribution is -2.30. The number of aromatic nitrogens is 3. The lowest BCUT2D eigenvalue weighted by atomic mass is 10.2. The molecule has 1 aliphatic heterocycles. The molecule has 1 aliphatic rings. The van der Waals surface area contributed by atoms with Crippen LogP contribution in [-0.2, 0) is 6.54 Å². The summed E-state index contributed by atoms with van der Waals surface area (Å²) < 4.78 is 8.25. The number of hydrogen-bond donors (Lipinski definition) is 0. The highest BCUT2D eigenvalue weighted by atomic mass is 32.1. The maximum atomic E-state index is 6.02. The van der Waals surface area contributed by atoms with Crippen LogP contribution in [0.25, 0.3) is 32.1 Å². The van der Waals surface area contributed by atoms with Gasteiger partial charge >= 0.3 is 5.89 Å². The van der Waals surface area contributed by atoms with Gasteiger partial charge in [-0.1, -0.05) is 11.3 Å². The average Bonchev–Trinajstić information content (AvgIpc) is 3.05. The Hall–Kier alpha value is -2.27. The van der Waals surface area contributed by atoms with Crippen molar-refractivity contribution in [2.24, 2.45) is 0 Å². The van der Waals surface area contributed by atoms with Gasteiger partial charge in [0.15, 0.2) is 6.54 Å². The molecule has 4 aromatic rings. The molecule has 5 rings (SSSR count). The molecule has 19 heavy (non-hydrogen) atoms. The second-order valence-electron chi connectivity index (χ2n) is 4.62. The predicted octanol–water partition coefficient (Wildman–Crippen LogP) is 2.75. The number of oxazole rings is 1. The first-order valence-corrected chi connectivity index (χ1v) is 6.86. The second-order valence-corrected chi connectivity index (χ2v) is 5.58. The molecule has 0 unspecified atom stereocenters. The molecule has 0 radical (unpaired) electrons. The van der Waals surface area contributed by atoms with Crippen LogP contribution in [-0.4, -0.2) is 9.97 Å². The van der Waals surface area contributed by atoms with E-state index in [-0.39, 0.29) is 0 Å². The van der Waals surface area contributed by atoms with E-state index in [1.54, 1.807) is 11.3 Å². The van der Waals surface area contributed by atoms with E-state index in [4.69, 9.17) is 4.42 Å². The summed E-state index contributed by atoms with van der Waals surface area (Å²) in [6.45, 7) is 0.848. The van der Waals surface area contributed by atoms with Crippen molar-refractivity contribution in [2.45, 2.75) is 6.54 Å². The molecule has 0 spiro atoms. The van der Waals surface area contributed by atoms with E-state index >= 15 is 0 Å². The van der Waals surface area contributed by atoms with E-state index in [0.717, 1.165) is 33.2 Å². The quantitative estimate of drug-likeness (QED) is 0.405. The first kappa shape index (κ1) is 9.63. The summed E-state index contributed by atoms with van der Waals surface area (Å²) in [6, 6.07) is 6.12. The fraction of sp³-hybridized carbons (Fsp3) is 0.0714. The van der Waals surface area contributed by atoms with Crippen molar-refractivity contribution >= 4 is 32.0 Å². The summed E-state index contributed by atoms with van der Waals surface area (Å²) in [4.78, 5) is 10.6. The Morgan fingerprint density at radius 3 is 3.26 bits per heavy atom. The van der Waals surface area contributed by atoms with E-state index in [9.17, 15) is 0 Å². The third-order valence-corrected chi connectivity index (χ3v) is 4.56. The van der Waals surface area contributed by atoms with E-state index in [0.29, 0.717) is 0 Å². The third-order valence-electron chi connectivity index (χ3n) is 3.58. The molecule has 5 heteroatoms. The molecular weight excluding hydrogens is 258 g/mol. The van der Waals surface area contributed by atoms with E-state index < -0.39 is 0 Å². The van der Waals surface area contributed by atoms with Gasteiger partial charge in [-0.05, 0) is 18.2 Å². The first-order valence-electron chi connectivity index (χ1n) is 6.05. The fourth-order valence-corrected chi connectivity index (χ4v) is 3.74. The van der Waals surface area contributed by atoms with Gasteiger partial charge in [0.1, 0.15) is 10.4 Å². The standard InChI is InChI=1S/C14H8N3OS/c1-2-9-11-14(19-12(9)16-4-1)18-13-10-6-15-5-3-8(10)7-17(11)13/h1-6H,7H2/q+1. The fourth-order valence-electron chi connectivity index (χ4n) is 2.74. The van der Waals surface area contributed by atoms with E-state index in [2.05, 4.69) is 26.7 Å². The molecule has 0 N–H and O–H groups in total. The maximum Gasteiger partial charge on any atom is 0.384 e. The summed E-state index contributed by atoms with van der Waals surface area (Å²) in [5.74, 6) is 0.912. The molecule has 0 atom stereocenters. The van der Waals surface area contributed by atoms with Crippen LogP contribution in [0.4, 0.5) is 0 Å². The van der Waals surface area contributed by atoms with Gasteiger partial charge < -0.3 is 4.42 Å². The topological polar surface area (TPSA) is 42.8 Å². The van der Waals surface area contributed by atoms with Crippen LogP contribution in [0, 0.1) is 0 Å². The smallest absolute Gasteiger partial charge is 0.384 e. The van der Waals surface area contributed by atoms with Crippen LogP contribution in [0.1, 0.15) is 5.56 Å². The Labute approximate surface area is 112 Å². The van der Waals surface area contributed by atoms with Crippen molar-refractivity contribution in [1.29, 1.82) is 0 Å². The zero-order chi connectivity index (χ0) is 12.4. The van der Waals surface area contributed by atoms with Crippen molar-refractivity contribution in [2.75, 3.05) is 0 Å². The third kappa shape index (κ3) is 1.11. The minimum atomic E-state index is 0.848. The number of nitrogens with zero attached hydrogens (tertiary/aromatic N) is 3. The zero-order valence-electron chi connectivity index (χ0n) is 9.83. The van der Waals surface area contributed by atoms with Gasteiger partial charge in [-0.3, -0.25) is 4.98 Å². The number of pyridine rings is 2. The summed E-state index contributed by atoms with van der Waals surface area (Å²) in [5.41, 5.74) is 3.51. The molecule has 0 aliphatic carbocycles. The molecule has 5 heterocycles. The maximum absolute atomic E-state index is 6.02.